The van der Waals surface area contributed by atoms with Gasteiger partial charge in [-0.05, 0) is 41.2 Å². The second-order valence-electron chi connectivity index (χ2n) is 6.06. The van der Waals surface area contributed by atoms with E-state index in [9.17, 15) is 13.2 Å². The van der Waals surface area contributed by atoms with E-state index in [-0.39, 0.29) is 6.04 Å². The summed E-state index contributed by atoms with van der Waals surface area (Å²) in [5.74, 6) is 0.411. The van der Waals surface area contributed by atoms with E-state index >= 15 is 0 Å². The molecule has 0 saturated heterocycles. The number of alkyl halides is 3. The largest absolute Gasteiger partial charge is 0.416 e. The molecule has 2 aromatic rings. The molecule has 1 aliphatic rings. The fraction of sp³-hybridized carbons (Fsp3) is 0.333. The van der Waals surface area contributed by atoms with Crippen LogP contribution in [0, 0.1) is 0 Å². The van der Waals surface area contributed by atoms with Crippen LogP contribution in [-0.2, 0) is 12.6 Å². The van der Waals surface area contributed by atoms with Crippen molar-refractivity contribution in [2.24, 2.45) is 0 Å². The van der Waals surface area contributed by atoms with Crippen LogP contribution in [0.15, 0.2) is 42.5 Å². The van der Waals surface area contributed by atoms with Gasteiger partial charge in [0.25, 0.3) is 0 Å². The lowest BCUT2D eigenvalue weighted by molar-refractivity contribution is -0.137. The summed E-state index contributed by atoms with van der Waals surface area (Å²) in [5.41, 5.74) is 3.92. The predicted octanol–water partition coefficient (Wildman–Crippen LogP) is 5.54. The first-order valence-corrected chi connectivity index (χ1v) is 7.41. The molecule has 4 heteroatoms. The Bertz CT molecular complexity index is 672. The molecule has 1 atom stereocenters. The third kappa shape index (κ3) is 2.70. The van der Waals surface area contributed by atoms with Gasteiger partial charge in [0, 0.05) is 5.69 Å². The van der Waals surface area contributed by atoms with Crippen molar-refractivity contribution in [1.29, 1.82) is 0 Å². The van der Waals surface area contributed by atoms with Gasteiger partial charge in [-0.2, -0.15) is 13.2 Å². The molecular weight excluding hydrogens is 287 g/mol. The highest BCUT2D eigenvalue weighted by Gasteiger charge is 2.31. The molecular formula is C18H18F3N. The number of para-hydroxylation sites is 1. The van der Waals surface area contributed by atoms with E-state index in [4.69, 9.17) is 0 Å². The highest BCUT2D eigenvalue weighted by molar-refractivity contribution is 5.64. The molecule has 1 nitrogen and oxygen atoms in total. The summed E-state index contributed by atoms with van der Waals surface area (Å²) in [6.07, 6.45) is -3.48. The second kappa shape index (κ2) is 5.34. The van der Waals surface area contributed by atoms with Crippen molar-refractivity contribution < 1.29 is 13.2 Å². The summed E-state index contributed by atoms with van der Waals surface area (Å²) >= 11 is 0. The summed E-state index contributed by atoms with van der Waals surface area (Å²) < 4.78 is 37.9. The van der Waals surface area contributed by atoms with Crippen molar-refractivity contribution in [3.8, 4) is 0 Å². The molecule has 1 N–H and O–H groups in total. The first kappa shape index (κ1) is 14.9. The number of nitrogens with one attached hydrogen (secondary N) is 1. The number of fused-ring (bicyclic) bond motifs is 1. The lowest BCUT2D eigenvalue weighted by Crippen LogP contribution is -2.09. The Labute approximate surface area is 128 Å². The zero-order valence-corrected chi connectivity index (χ0v) is 12.5. The Hall–Kier alpha value is -1.97. The van der Waals surface area contributed by atoms with Crippen LogP contribution in [0.1, 0.15) is 48.1 Å². The molecule has 1 aliphatic heterocycles. The van der Waals surface area contributed by atoms with Gasteiger partial charge in [0.15, 0.2) is 0 Å². The molecule has 0 aliphatic carbocycles. The van der Waals surface area contributed by atoms with E-state index in [1.807, 2.05) is 6.07 Å². The zero-order chi connectivity index (χ0) is 15.9. The van der Waals surface area contributed by atoms with Crippen LogP contribution in [0.3, 0.4) is 0 Å². The van der Waals surface area contributed by atoms with Crippen molar-refractivity contribution in [3.05, 3.63) is 64.7 Å². The molecule has 0 bridgehead atoms. The maximum Gasteiger partial charge on any atom is 0.416 e. The quantitative estimate of drug-likeness (QED) is 0.768. The Morgan fingerprint density at radius 1 is 1.05 bits per heavy atom. The molecule has 0 amide bonds. The van der Waals surface area contributed by atoms with Gasteiger partial charge in [-0.25, -0.2) is 0 Å². The Morgan fingerprint density at radius 3 is 2.32 bits per heavy atom. The van der Waals surface area contributed by atoms with Crippen molar-refractivity contribution in [2.75, 3.05) is 5.32 Å². The van der Waals surface area contributed by atoms with Crippen LogP contribution >= 0.6 is 0 Å². The first-order valence-electron chi connectivity index (χ1n) is 7.41. The van der Waals surface area contributed by atoms with Crippen LogP contribution in [-0.4, -0.2) is 0 Å². The van der Waals surface area contributed by atoms with Crippen molar-refractivity contribution >= 4 is 5.69 Å². The minimum atomic E-state index is -4.28. The van der Waals surface area contributed by atoms with Gasteiger partial charge in [-0.1, -0.05) is 44.2 Å². The summed E-state index contributed by atoms with van der Waals surface area (Å²) in [4.78, 5) is 0. The Kier molecular flexibility index (Phi) is 3.63. The number of hydrogen-bond donors (Lipinski definition) is 1. The Morgan fingerprint density at radius 2 is 1.73 bits per heavy atom. The smallest absolute Gasteiger partial charge is 0.377 e. The first-order chi connectivity index (χ1) is 10.4. The molecule has 22 heavy (non-hydrogen) atoms. The van der Waals surface area contributed by atoms with Gasteiger partial charge in [-0.3, -0.25) is 0 Å². The van der Waals surface area contributed by atoms with Gasteiger partial charge < -0.3 is 5.32 Å². The van der Waals surface area contributed by atoms with Gasteiger partial charge in [0.2, 0.25) is 0 Å². The standard InChI is InChI=1S/C18H18F3N/c1-11(2)15-5-3-4-13-10-16(22-17(13)15)12-6-8-14(9-7-12)18(19,20)21/h3-9,11,16,22H,10H2,1-2H3. The predicted molar refractivity (Wildman–Crippen MR) is 82.0 cm³/mol. The van der Waals surface area contributed by atoms with Crippen LogP contribution in [0.2, 0.25) is 0 Å². The minimum Gasteiger partial charge on any atom is -0.377 e. The normalized spacial score (nSPS) is 17.5. The van der Waals surface area contributed by atoms with Crippen LogP contribution in [0.4, 0.5) is 18.9 Å². The number of anilines is 1. The third-order valence-corrected chi connectivity index (χ3v) is 4.19. The Balaban J connectivity index is 1.86. The van der Waals surface area contributed by atoms with Crippen LogP contribution < -0.4 is 5.32 Å². The molecule has 116 valence electrons. The fourth-order valence-corrected chi connectivity index (χ4v) is 3.00. The topological polar surface area (TPSA) is 12.0 Å². The zero-order valence-electron chi connectivity index (χ0n) is 12.5. The van der Waals surface area contributed by atoms with Crippen LogP contribution in [0.25, 0.3) is 0 Å². The average molecular weight is 305 g/mol. The molecule has 0 saturated carbocycles. The van der Waals surface area contributed by atoms with E-state index in [0.717, 1.165) is 29.8 Å². The highest BCUT2D eigenvalue weighted by Crippen LogP contribution is 2.39. The molecule has 2 aromatic carbocycles. The molecule has 1 unspecified atom stereocenters. The molecule has 0 fully saturated rings. The molecule has 3 rings (SSSR count). The van der Waals surface area contributed by atoms with Crippen molar-refractivity contribution in [3.63, 3.8) is 0 Å². The summed E-state index contributed by atoms with van der Waals surface area (Å²) in [6, 6.07) is 11.7. The fourth-order valence-electron chi connectivity index (χ4n) is 3.00. The third-order valence-electron chi connectivity index (χ3n) is 4.19. The number of rotatable bonds is 2. The van der Waals surface area contributed by atoms with Gasteiger partial charge >= 0.3 is 6.18 Å². The van der Waals surface area contributed by atoms with E-state index in [0.29, 0.717) is 5.92 Å². The van der Waals surface area contributed by atoms with Crippen LogP contribution in [0.5, 0.6) is 0 Å². The van der Waals surface area contributed by atoms with Gasteiger partial charge in [0.1, 0.15) is 0 Å². The van der Waals surface area contributed by atoms with Crippen molar-refractivity contribution in [2.45, 2.75) is 38.4 Å². The van der Waals surface area contributed by atoms with E-state index in [2.05, 4.69) is 31.3 Å². The minimum absolute atomic E-state index is 0.0391. The highest BCUT2D eigenvalue weighted by atomic mass is 19.4. The average Bonchev–Trinajstić information content (AvgIpc) is 2.90. The molecule has 0 spiro atoms. The molecule has 1 heterocycles. The maximum atomic E-state index is 12.6. The van der Waals surface area contributed by atoms with Crippen molar-refractivity contribution in [1.82, 2.24) is 0 Å². The molecule has 0 radical (unpaired) electrons. The summed E-state index contributed by atoms with van der Waals surface area (Å²) in [6.45, 7) is 4.28. The maximum absolute atomic E-state index is 12.6. The van der Waals surface area contributed by atoms with E-state index < -0.39 is 11.7 Å². The summed E-state index contributed by atoms with van der Waals surface area (Å²) in [7, 11) is 0. The van der Waals surface area contributed by atoms with E-state index in [1.165, 1.54) is 11.1 Å². The van der Waals surface area contributed by atoms with Gasteiger partial charge in [-0.15, -0.1) is 0 Å². The molecule has 0 aromatic heterocycles. The lowest BCUT2D eigenvalue weighted by atomic mass is 9.97. The number of hydrogen-bond acceptors (Lipinski definition) is 1. The second-order valence-corrected chi connectivity index (χ2v) is 6.06. The monoisotopic (exact) mass is 305 g/mol. The van der Waals surface area contributed by atoms with Gasteiger partial charge in [0.05, 0.1) is 11.6 Å². The summed E-state index contributed by atoms with van der Waals surface area (Å²) in [5, 5.41) is 3.48. The number of halogens is 3. The van der Waals surface area contributed by atoms with E-state index in [1.54, 1.807) is 12.1 Å². The number of benzene rings is 2. The lowest BCUT2D eigenvalue weighted by Gasteiger charge is -2.16. The SMILES string of the molecule is CC(C)c1cccc2c1NC(c1ccc(C(F)(F)F)cc1)C2.